The lowest BCUT2D eigenvalue weighted by atomic mass is 10.2. The fourth-order valence-electron chi connectivity index (χ4n) is 1.83. The number of halogens is 3. The number of thiocarbonyl (C=S) groups is 1. The molecule has 0 saturated carbocycles. The smallest absolute Gasteiger partial charge is 0.337 e. The summed E-state index contributed by atoms with van der Waals surface area (Å²) in [6, 6.07) is 8.99. The van der Waals surface area contributed by atoms with Crippen LogP contribution in [0.4, 0.5) is 5.69 Å². The third-order valence-corrected chi connectivity index (χ3v) is 3.92. The summed E-state index contributed by atoms with van der Waals surface area (Å²) < 4.78 is 0. The van der Waals surface area contributed by atoms with Crippen LogP contribution in [0.3, 0.4) is 0 Å². The molecule has 0 spiro atoms. The quantitative estimate of drug-likeness (QED) is 0.659. The lowest BCUT2D eigenvalue weighted by molar-refractivity contribution is 0.0698. The van der Waals surface area contributed by atoms with Gasteiger partial charge >= 0.3 is 5.97 Å². The number of carboxylic acid groups (broad SMARTS) is 1. The lowest BCUT2D eigenvalue weighted by Gasteiger charge is -2.14. The van der Waals surface area contributed by atoms with Gasteiger partial charge in [-0.1, -0.05) is 46.9 Å². The molecule has 124 valence electrons. The predicted octanol–water partition coefficient (Wildman–Crippen LogP) is 4.47. The molecule has 3 N–H and O–H groups in total. The zero-order chi connectivity index (χ0) is 17.9. The molecule has 2 aromatic carbocycles. The van der Waals surface area contributed by atoms with Crippen LogP contribution in [-0.4, -0.2) is 22.1 Å². The Hall–Kier alpha value is -1.86. The average Bonchev–Trinajstić information content (AvgIpc) is 2.49. The van der Waals surface area contributed by atoms with Crippen molar-refractivity contribution < 1.29 is 14.7 Å². The highest BCUT2D eigenvalue weighted by Gasteiger charge is 2.18. The Morgan fingerprint density at radius 1 is 1.00 bits per heavy atom. The van der Waals surface area contributed by atoms with Gasteiger partial charge in [-0.25, -0.2) is 4.79 Å². The van der Waals surface area contributed by atoms with Gasteiger partial charge in [0.2, 0.25) is 0 Å². The Morgan fingerprint density at radius 3 is 2.29 bits per heavy atom. The first-order valence-electron chi connectivity index (χ1n) is 6.38. The number of hydrogen-bond acceptors (Lipinski definition) is 3. The number of benzene rings is 2. The molecule has 0 aliphatic carbocycles. The van der Waals surface area contributed by atoms with Crippen LogP contribution in [0.5, 0.6) is 0 Å². The summed E-state index contributed by atoms with van der Waals surface area (Å²) >= 11 is 22.7. The Labute approximate surface area is 157 Å². The number of carbonyl (C=O) groups is 2. The van der Waals surface area contributed by atoms with E-state index in [-0.39, 0.29) is 37.0 Å². The molecule has 0 aliphatic heterocycles. The lowest BCUT2D eigenvalue weighted by Crippen LogP contribution is -2.34. The van der Waals surface area contributed by atoms with Gasteiger partial charge in [0.1, 0.15) is 0 Å². The first-order valence-corrected chi connectivity index (χ1v) is 7.93. The van der Waals surface area contributed by atoms with Gasteiger partial charge in [0.05, 0.1) is 26.9 Å². The molecule has 0 aliphatic rings. The Bertz CT molecular complexity index is 843. The largest absolute Gasteiger partial charge is 0.478 e. The van der Waals surface area contributed by atoms with Gasteiger partial charge in [-0.15, -0.1) is 0 Å². The number of rotatable bonds is 3. The second-order valence-electron chi connectivity index (χ2n) is 4.50. The molecule has 2 rings (SSSR count). The van der Waals surface area contributed by atoms with Gasteiger partial charge in [-0.3, -0.25) is 10.1 Å². The minimum absolute atomic E-state index is 0.0259. The molecule has 0 heterocycles. The van der Waals surface area contributed by atoms with Crippen molar-refractivity contribution in [3.63, 3.8) is 0 Å². The monoisotopic (exact) mass is 402 g/mol. The van der Waals surface area contributed by atoms with Crippen molar-refractivity contribution in [3.05, 3.63) is 62.6 Å². The van der Waals surface area contributed by atoms with Crippen LogP contribution >= 0.6 is 47.0 Å². The van der Waals surface area contributed by atoms with Gasteiger partial charge in [0, 0.05) is 5.02 Å². The number of hydrogen-bond donors (Lipinski definition) is 3. The first-order chi connectivity index (χ1) is 11.3. The van der Waals surface area contributed by atoms with E-state index in [1.54, 1.807) is 18.2 Å². The van der Waals surface area contributed by atoms with Crippen LogP contribution in [0, 0.1) is 0 Å². The topological polar surface area (TPSA) is 78.4 Å². The van der Waals surface area contributed by atoms with E-state index < -0.39 is 11.9 Å². The zero-order valence-corrected chi connectivity index (χ0v) is 14.9. The van der Waals surface area contributed by atoms with Crippen molar-refractivity contribution in [2.24, 2.45) is 0 Å². The minimum atomic E-state index is -1.25. The van der Waals surface area contributed by atoms with Gasteiger partial charge in [0.25, 0.3) is 5.91 Å². The Morgan fingerprint density at radius 2 is 1.67 bits per heavy atom. The van der Waals surface area contributed by atoms with Crippen molar-refractivity contribution >= 4 is 69.7 Å². The molecule has 0 fully saturated rings. The second-order valence-corrected chi connectivity index (χ2v) is 6.16. The fraction of sp³-hybridized carbons (Fsp3) is 0. The van der Waals surface area contributed by atoms with E-state index in [0.29, 0.717) is 0 Å². The molecule has 0 unspecified atom stereocenters. The van der Waals surface area contributed by atoms with Crippen LogP contribution in [0.2, 0.25) is 15.1 Å². The number of aromatic carboxylic acids is 1. The van der Waals surface area contributed by atoms with Crippen molar-refractivity contribution in [2.45, 2.75) is 0 Å². The van der Waals surface area contributed by atoms with Gasteiger partial charge < -0.3 is 10.4 Å². The number of nitrogens with one attached hydrogen (secondary N) is 2. The second kappa shape index (κ2) is 7.81. The van der Waals surface area contributed by atoms with Crippen molar-refractivity contribution in [2.75, 3.05) is 5.32 Å². The van der Waals surface area contributed by atoms with Crippen molar-refractivity contribution in [3.8, 4) is 0 Å². The molecule has 0 saturated heterocycles. The highest BCUT2D eigenvalue weighted by molar-refractivity contribution is 7.80. The molecule has 2 aromatic rings. The van der Waals surface area contributed by atoms with E-state index >= 15 is 0 Å². The number of amides is 1. The van der Waals surface area contributed by atoms with E-state index in [2.05, 4.69) is 10.6 Å². The summed E-state index contributed by atoms with van der Waals surface area (Å²) in [5, 5.41) is 14.6. The molecule has 1 amide bonds. The minimum Gasteiger partial charge on any atom is -0.478 e. The van der Waals surface area contributed by atoms with Crippen molar-refractivity contribution in [1.29, 1.82) is 0 Å². The molecule has 0 bridgehead atoms. The fourth-order valence-corrected chi connectivity index (χ4v) is 2.79. The van der Waals surface area contributed by atoms with E-state index in [1.165, 1.54) is 18.2 Å². The van der Waals surface area contributed by atoms with Gasteiger partial charge in [-0.05, 0) is 36.5 Å². The summed E-state index contributed by atoms with van der Waals surface area (Å²) in [5.74, 6) is -1.79. The standard InChI is InChI=1S/C15H9Cl3N2O3S/c16-7-5-9(14(22)23)12(11(18)6-7)19-15(24)20-13(21)8-3-1-2-4-10(8)17/h1-6H,(H,22,23)(H2,19,20,21,24). The van der Waals surface area contributed by atoms with Crippen LogP contribution in [0.25, 0.3) is 0 Å². The first kappa shape index (κ1) is 18.5. The predicted molar refractivity (Wildman–Crippen MR) is 98.6 cm³/mol. The van der Waals surface area contributed by atoms with E-state index in [1.807, 2.05) is 0 Å². The third kappa shape index (κ3) is 4.36. The molecular weight excluding hydrogens is 395 g/mol. The molecular formula is C15H9Cl3N2O3S. The normalized spacial score (nSPS) is 10.1. The summed E-state index contributed by atoms with van der Waals surface area (Å²) in [7, 11) is 0. The molecule has 0 aromatic heterocycles. The van der Waals surface area contributed by atoms with E-state index in [4.69, 9.17) is 47.0 Å². The zero-order valence-electron chi connectivity index (χ0n) is 11.8. The number of anilines is 1. The van der Waals surface area contributed by atoms with Crippen LogP contribution < -0.4 is 10.6 Å². The maximum absolute atomic E-state index is 12.1. The highest BCUT2D eigenvalue weighted by Crippen LogP contribution is 2.30. The van der Waals surface area contributed by atoms with E-state index in [9.17, 15) is 14.7 Å². The molecule has 0 atom stereocenters. The van der Waals surface area contributed by atoms with E-state index in [0.717, 1.165) is 0 Å². The highest BCUT2D eigenvalue weighted by atomic mass is 35.5. The SMILES string of the molecule is O=C(NC(=S)Nc1c(Cl)cc(Cl)cc1C(=O)O)c1ccccc1Cl. The maximum atomic E-state index is 12.1. The molecule has 24 heavy (non-hydrogen) atoms. The Kier molecular flexibility index (Phi) is 6.01. The van der Waals surface area contributed by atoms with Crippen molar-refractivity contribution in [1.82, 2.24) is 5.32 Å². The number of carboxylic acids is 1. The summed E-state index contributed by atoms with van der Waals surface area (Å²) in [5.41, 5.74) is 0.0730. The van der Waals surface area contributed by atoms with Crippen LogP contribution in [0.15, 0.2) is 36.4 Å². The molecule has 0 radical (unpaired) electrons. The summed E-state index contributed by atoms with van der Waals surface area (Å²) in [6.45, 7) is 0. The van der Waals surface area contributed by atoms with Crippen LogP contribution in [-0.2, 0) is 0 Å². The summed E-state index contributed by atoms with van der Waals surface area (Å²) in [4.78, 5) is 23.4. The van der Waals surface area contributed by atoms with Gasteiger partial charge in [-0.2, -0.15) is 0 Å². The molecule has 5 nitrogen and oxygen atoms in total. The third-order valence-electron chi connectivity index (χ3n) is 2.87. The maximum Gasteiger partial charge on any atom is 0.337 e. The van der Waals surface area contributed by atoms with Crippen LogP contribution in [0.1, 0.15) is 20.7 Å². The number of carbonyl (C=O) groups excluding carboxylic acids is 1. The van der Waals surface area contributed by atoms with Gasteiger partial charge in [0.15, 0.2) is 5.11 Å². The Balaban J connectivity index is 2.20. The molecule has 9 heteroatoms. The average molecular weight is 404 g/mol. The summed E-state index contributed by atoms with van der Waals surface area (Å²) in [6.07, 6.45) is 0.